The van der Waals surface area contributed by atoms with Crippen molar-refractivity contribution in [3.05, 3.63) is 0 Å². The van der Waals surface area contributed by atoms with Crippen molar-refractivity contribution in [2.24, 2.45) is 0 Å². The third-order valence-corrected chi connectivity index (χ3v) is 1.91. The molecule has 1 aliphatic heterocycles. The predicted octanol–water partition coefficient (Wildman–Crippen LogP) is -0.486. The van der Waals surface area contributed by atoms with Gasteiger partial charge in [0.15, 0.2) is 0 Å². The van der Waals surface area contributed by atoms with Gasteiger partial charge in [-0.2, -0.15) is 0 Å². The van der Waals surface area contributed by atoms with E-state index in [0.29, 0.717) is 6.04 Å². The van der Waals surface area contributed by atoms with Gasteiger partial charge in [-0.1, -0.05) is 0 Å². The molecule has 0 spiro atoms. The van der Waals surface area contributed by atoms with Crippen LogP contribution in [0.3, 0.4) is 0 Å². The molecular weight excluding hydrogens is 138 g/mol. The van der Waals surface area contributed by atoms with E-state index in [1.165, 1.54) is 6.42 Å². The van der Waals surface area contributed by atoms with Gasteiger partial charge in [-0.15, -0.1) is 0 Å². The smallest absolute Gasteiger partial charge is 0.0385 e. The van der Waals surface area contributed by atoms with Crippen molar-refractivity contribution in [3.8, 4) is 0 Å². The fourth-order valence-corrected chi connectivity index (χ4v) is 1.38. The molecule has 1 radical (unpaired) electrons. The zero-order chi connectivity index (χ0) is 8.10. The first kappa shape index (κ1) is 8.97. The Labute approximate surface area is 69.1 Å². The molecular formula is C8H18N3. The Morgan fingerprint density at radius 1 is 1.45 bits per heavy atom. The highest BCUT2D eigenvalue weighted by atomic mass is 15.1. The van der Waals surface area contributed by atoms with E-state index in [-0.39, 0.29) is 0 Å². The van der Waals surface area contributed by atoms with Crippen LogP contribution in [-0.4, -0.2) is 51.2 Å². The highest BCUT2D eigenvalue weighted by molar-refractivity contribution is 4.73. The highest BCUT2D eigenvalue weighted by Gasteiger charge is 2.12. The molecule has 0 aromatic rings. The zero-order valence-corrected chi connectivity index (χ0v) is 7.51. The lowest BCUT2D eigenvalue weighted by atomic mass is 10.2. The van der Waals surface area contributed by atoms with Crippen LogP contribution < -0.4 is 10.6 Å². The van der Waals surface area contributed by atoms with Crippen molar-refractivity contribution < 1.29 is 0 Å². The molecule has 1 rings (SSSR count). The van der Waals surface area contributed by atoms with Crippen molar-refractivity contribution in [2.45, 2.75) is 12.5 Å². The summed E-state index contributed by atoms with van der Waals surface area (Å²) in [5, 5.41) is 7.90. The van der Waals surface area contributed by atoms with Gasteiger partial charge in [0.05, 0.1) is 0 Å². The second kappa shape index (κ2) is 4.70. The average molecular weight is 156 g/mol. The molecule has 0 bridgehead atoms. The van der Waals surface area contributed by atoms with Crippen molar-refractivity contribution in [3.63, 3.8) is 0 Å². The first-order valence-corrected chi connectivity index (χ1v) is 4.31. The summed E-state index contributed by atoms with van der Waals surface area (Å²) >= 11 is 0. The number of hydrogen-bond donors (Lipinski definition) is 1. The summed E-state index contributed by atoms with van der Waals surface area (Å²) in [7, 11) is 4.21. The van der Waals surface area contributed by atoms with Crippen molar-refractivity contribution in [1.29, 1.82) is 0 Å². The van der Waals surface area contributed by atoms with Crippen molar-refractivity contribution in [2.75, 3.05) is 40.3 Å². The van der Waals surface area contributed by atoms with Crippen LogP contribution in [0, 0.1) is 0 Å². The first-order valence-electron chi connectivity index (χ1n) is 4.31. The molecule has 1 N–H and O–H groups in total. The summed E-state index contributed by atoms with van der Waals surface area (Å²) in [5.74, 6) is 0. The molecule has 0 aromatic carbocycles. The molecule has 0 saturated carbocycles. The van der Waals surface area contributed by atoms with E-state index in [1.54, 1.807) is 0 Å². The predicted molar refractivity (Wildman–Crippen MR) is 46.8 cm³/mol. The Balaban J connectivity index is 2.20. The molecule has 11 heavy (non-hydrogen) atoms. The molecule has 1 saturated heterocycles. The average Bonchev–Trinajstić information content (AvgIpc) is 2.14. The minimum Gasteiger partial charge on any atom is -0.315 e. The number of nitrogens with one attached hydrogen (secondary N) is 1. The molecule has 65 valence electrons. The third-order valence-electron chi connectivity index (χ3n) is 1.91. The van der Waals surface area contributed by atoms with Gasteiger partial charge in [0.2, 0.25) is 0 Å². The summed E-state index contributed by atoms with van der Waals surface area (Å²) in [5.41, 5.74) is 0. The van der Waals surface area contributed by atoms with Gasteiger partial charge in [0, 0.05) is 25.7 Å². The lowest BCUT2D eigenvalue weighted by Crippen LogP contribution is -2.33. The van der Waals surface area contributed by atoms with Crippen LogP contribution >= 0.6 is 0 Å². The second-order valence-electron chi connectivity index (χ2n) is 3.36. The van der Waals surface area contributed by atoms with Gasteiger partial charge in [-0.3, -0.25) is 0 Å². The molecule has 0 amide bonds. The molecule has 1 atom stereocenters. The highest BCUT2D eigenvalue weighted by Crippen LogP contribution is 1.96. The Bertz CT molecular complexity index is 95.5. The number of hydrogen-bond acceptors (Lipinski definition) is 2. The zero-order valence-electron chi connectivity index (χ0n) is 7.51. The van der Waals surface area contributed by atoms with Crippen LogP contribution in [0.15, 0.2) is 0 Å². The number of rotatable bonds is 2. The monoisotopic (exact) mass is 156 g/mol. The number of nitrogens with zero attached hydrogens (tertiary/aromatic N) is 2. The van der Waals surface area contributed by atoms with Gasteiger partial charge >= 0.3 is 0 Å². The fraction of sp³-hybridized carbons (Fsp3) is 1.00. The molecule has 1 aliphatic rings. The lowest BCUT2D eigenvalue weighted by molar-refractivity contribution is 0.334. The fourth-order valence-electron chi connectivity index (χ4n) is 1.38. The summed E-state index contributed by atoms with van der Waals surface area (Å²) in [6.45, 7) is 4.27. The SMILES string of the molecule is CN(C)CC1CCNCC[N]1. The molecule has 3 heteroatoms. The van der Waals surface area contributed by atoms with Crippen LogP contribution in [0.25, 0.3) is 0 Å². The van der Waals surface area contributed by atoms with E-state index in [9.17, 15) is 0 Å². The second-order valence-corrected chi connectivity index (χ2v) is 3.36. The molecule has 1 fully saturated rings. The third kappa shape index (κ3) is 3.70. The summed E-state index contributed by atoms with van der Waals surface area (Å²) < 4.78 is 0. The summed E-state index contributed by atoms with van der Waals surface area (Å²) in [6.07, 6.45) is 1.19. The molecule has 3 nitrogen and oxygen atoms in total. The van der Waals surface area contributed by atoms with Crippen LogP contribution in [-0.2, 0) is 0 Å². The topological polar surface area (TPSA) is 29.4 Å². The Morgan fingerprint density at radius 2 is 2.27 bits per heavy atom. The molecule has 1 heterocycles. The Morgan fingerprint density at radius 3 is 3.00 bits per heavy atom. The standard InChI is InChI=1S/C8H18N3/c1-11(2)7-8-3-4-9-5-6-10-8/h8-9H,3-7H2,1-2H3. The quantitative estimate of drug-likeness (QED) is 0.585. The normalized spacial score (nSPS) is 27.0. The number of likely N-dealkylation sites (N-methyl/N-ethyl adjacent to an activating group) is 1. The largest absolute Gasteiger partial charge is 0.315 e. The van der Waals surface area contributed by atoms with Crippen LogP contribution in [0.2, 0.25) is 0 Å². The molecule has 0 aliphatic carbocycles. The van der Waals surface area contributed by atoms with Crippen molar-refractivity contribution >= 4 is 0 Å². The maximum atomic E-state index is 4.56. The van der Waals surface area contributed by atoms with Crippen molar-refractivity contribution in [1.82, 2.24) is 15.5 Å². The van der Waals surface area contributed by atoms with Gasteiger partial charge < -0.3 is 10.2 Å². The van der Waals surface area contributed by atoms with E-state index < -0.39 is 0 Å². The van der Waals surface area contributed by atoms with Crippen LogP contribution in [0.1, 0.15) is 6.42 Å². The van der Waals surface area contributed by atoms with E-state index in [2.05, 4.69) is 29.6 Å². The Hall–Kier alpha value is -0.120. The lowest BCUT2D eigenvalue weighted by Gasteiger charge is -2.18. The van der Waals surface area contributed by atoms with E-state index >= 15 is 0 Å². The summed E-state index contributed by atoms with van der Waals surface area (Å²) in [6, 6.07) is 0.556. The maximum absolute atomic E-state index is 4.56. The first-order chi connectivity index (χ1) is 5.29. The van der Waals surface area contributed by atoms with Gasteiger partial charge in [0.1, 0.15) is 0 Å². The minimum absolute atomic E-state index is 0.556. The molecule has 0 aromatic heterocycles. The van der Waals surface area contributed by atoms with Gasteiger partial charge in [-0.05, 0) is 27.1 Å². The van der Waals surface area contributed by atoms with Gasteiger partial charge in [-0.25, -0.2) is 5.32 Å². The minimum atomic E-state index is 0.556. The van der Waals surface area contributed by atoms with E-state index in [1.807, 2.05) is 0 Å². The maximum Gasteiger partial charge on any atom is 0.0385 e. The molecule has 1 unspecified atom stereocenters. The Kier molecular flexibility index (Phi) is 3.83. The van der Waals surface area contributed by atoms with Gasteiger partial charge in [0.25, 0.3) is 0 Å². The van der Waals surface area contributed by atoms with E-state index in [4.69, 9.17) is 0 Å². The van der Waals surface area contributed by atoms with E-state index in [0.717, 1.165) is 26.2 Å². The van der Waals surface area contributed by atoms with Crippen LogP contribution in [0.4, 0.5) is 0 Å². The summed E-state index contributed by atoms with van der Waals surface area (Å²) in [4.78, 5) is 2.21. The van der Waals surface area contributed by atoms with Crippen LogP contribution in [0.5, 0.6) is 0 Å².